The molecule has 0 radical (unpaired) electrons. The van der Waals surface area contributed by atoms with Crippen molar-refractivity contribution in [3.8, 4) is 11.8 Å². The zero-order valence-electron chi connectivity index (χ0n) is 12.7. The molecule has 0 aliphatic heterocycles. The van der Waals surface area contributed by atoms with Crippen LogP contribution in [0.5, 0.6) is 0 Å². The molecule has 0 bridgehead atoms. The molecule has 23 heavy (non-hydrogen) atoms. The van der Waals surface area contributed by atoms with E-state index in [4.69, 9.17) is 0 Å². The van der Waals surface area contributed by atoms with Gasteiger partial charge in [-0.15, -0.1) is 0 Å². The molecule has 0 saturated carbocycles. The van der Waals surface area contributed by atoms with E-state index in [-0.39, 0.29) is 0 Å². The van der Waals surface area contributed by atoms with Crippen LogP contribution in [0.1, 0.15) is 16.8 Å². The maximum Gasteiger partial charge on any atom is 0.131 e. The third kappa shape index (κ3) is 3.07. The predicted molar refractivity (Wildman–Crippen MR) is 90.4 cm³/mol. The van der Waals surface area contributed by atoms with Crippen LogP contribution in [0.4, 0.5) is 4.39 Å². The standard InChI is InChI=1S/C20H15FN2/c1-15-6-4-7-17(12-15)23-11-5-8-18(23)13-16(14-22)19-9-2-3-10-20(19)21/h2-13H,1H3. The van der Waals surface area contributed by atoms with Crippen molar-refractivity contribution in [1.82, 2.24) is 4.57 Å². The lowest BCUT2D eigenvalue weighted by Gasteiger charge is -2.08. The van der Waals surface area contributed by atoms with E-state index >= 15 is 0 Å². The van der Waals surface area contributed by atoms with Crippen LogP contribution < -0.4 is 0 Å². The van der Waals surface area contributed by atoms with Crippen LogP contribution >= 0.6 is 0 Å². The van der Waals surface area contributed by atoms with Crippen LogP contribution in [0.3, 0.4) is 0 Å². The number of aromatic nitrogens is 1. The number of allylic oxidation sites excluding steroid dienone is 1. The van der Waals surface area contributed by atoms with E-state index in [1.54, 1.807) is 24.3 Å². The van der Waals surface area contributed by atoms with Crippen LogP contribution in [0.25, 0.3) is 17.3 Å². The summed E-state index contributed by atoms with van der Waals surface area (Å²) >= 11 is 0. The Morgan fingerprint density at radius 3 is 2.65 bits per heavy atom. The Hall–Kier alpha value is -3.12. The molecule has 1 aromatic heterocycles. The molecular formula is C20H15FN2. The first kappa shape index (κ1) is 14.8. The highest BCUT2D eigenvalue weighted by Crippen LogP contribution is 2.22. The predicted octanol–water partition coefficient (Wildman–Crippen LogP) is 4.99. The van der Waals surface area contributed by atoms with Crippen molar-refractivity contribution in [2.24, 2.45) is 0 Å². The molecule has 1 heterocycles. The maximum atomic E-state index is 13.9. The number of rotatable bonds is 3. The van der Waals surface area contributed by atoms with Crippen molar-refractivity contribution >= 4 is 11.6 Å². The number of halogens is 1. The molecule has 3 aromatic rings. The second-order valence-corrected chi connectivity index (χ2v) is 5.29. The first-order valence-electron chi connectivity index (χ1n) is 7.30. The second kappa shape index (κ2) is 6.33. The van der Waals surface area contributed by atoms with Crippen LogP contribution in [0.15, 0.2) is 66.9 Å². The average molecular weight is 302 g/mol. The number of nitriles is 1. The molecule has 0 N–H and O–H groups in total. The van der Waals surface area contributed by atoms with Crippen LogP contribution in [-0.2, 0) is 0 Å². The molecule has 0 fully saturated rings. The summed E-state index contributed by atoms with van der Waals surface area (Å²) in [7, 11) is 0. The van der Waals surface area contributed by atoms with Crippen LogP contribution in [-0.4, -0.2) is 4.57 Å². The molecular weight excluding hydrogens is 287 g/mol. The minimum absolute atomic E-state index is 0.302. The van der Waals surface area contributed by atoms with Crippen molar-refractivity contribution in [3.05, 3.63) is 89.5 Å². The van der Waals surface area contributed by atoms with Gasteiger partial charge in [0.1, 0.15) is 5.82 Å². The van der Waals surface area contributed by atoms with Gasteiger partial charge in [-0.1, -0.05) is 30.3 Å². The van der Waals surface area contributed by atoms with Gasteiger partial charge in [-0.3, -0.25) is 0 Å². The van der Waals surface area contributed by atoms with Crippen molar-refractivity contribution in [1.29, 1.82) is 5.26 Å². The highest BCUT2D eigenvalue weighted by Gasteiger charge is 2.09. The maximum absolute atomic E-state index is 13.9. The van der Waals surface area contributed by atoms with E-state index in [2.05, 4.69) is 12.1 Å². The molecule has 0 aliphatic rings. The normalized spacial score (nSPS) is 11.3. The quantitative estimate of drug-likeness (QED) is 0.627. The molecule has 2 aromatic carbocycles. The zero-order chi connectivity index (χ0) is 16.2. The Bertz CT molecular complexity index is 913. The summed E-state index contributed by atoms with van der Waals surface area (Å²) in [4.78, 5) is 0. The smallest absolute Gasteiger partial charge is 0.131 e. The molecule has 0 unspecified atom stereocenters. The summed E-state index contributed by atoms with van der Waals surface area (Å²) in [6.07, 6.45) is 3.64. The van der Waals surface area contributed by atoms with Gasteiger partial charge in [0, 0.05) is 23.1 Å². The topological polar surface area (TPSA) is 28.7 Å². The SMILES string of the molecule is Cc1cccc(-n2cccc2C=C(C#N)c2ccccc2F)c1. The first-order valence-corrected chi connectivity index (χ1v) is 7.30. The number of benzene rings is 2. The fourth-order valence-corrected chi connectivity index (χ4v) is 2.52. The summed E-state index contributed by atoms with van der Waals surface area (Å²) in [6, 6.07) is 20.3. The molecule has 0 spiro atoms. The minimum Gasteiger partial charge on any atom is -0.317 e. The molecule has 0 amide bonds. The van der Waals surface area contributed by atoms with Crippen LogP contribution in [0.2, 0.25) is 0 Å². The zero-order valence-corrected chi connectivity index (χ0v) is 12.7. The third-order valence-corrected chi connectivity index (χ3v) is 3.64. The fraction of sp³-hybridized carbons (Fsp3) is 0.0500. The lowest BCUT2D eigenvalue weighted by Crippen LogP contribution is -1.96. The molecule has 0 aliphatic carbocycles. The van der Waals surface area contributed by atoms with E-state index in [0.717, 1.165) is 16.9 Å². The summed E-state index contributed by atoms with van der Waals surface area (Å²) in [6.45, 7) is 2.03. The molecule has 0 atom stereocenters. The van der Waals surface area contributed by atoms with E-state index in [0.29, 0.717) is 11.1 Å². The van der Waals surface area contributed by atoms with Gasteiger partial charge in [-0.25, -0.2) is 4.39 Å². The number of hydrogen-bond acceptors (Lipinski definition) is 1. The summed E-state index contributed by atoms with van der Waals surface area (Å²) in [5.74, 6) is -0.394. The summed E-state index contributed by atoms with van der Waals surface area (Å²) in [5, 5.41) is 9.41. The van der Waals surface area contributed by atoms with Gasteiger partial charge in [0.25, 0.3) is 0 Å². The van der Waals surface area contributed by atoms with Gasteiger partial charge in [-0.2, -0.15) is 5.26 Å². The number of nitrogens with zero attached hydrogens (tertiary/aromatic N) is 2. The number of hydrogen-bond donors (Lipinski definition) is 0. The highest BCUT2D eigenvalue weighted by atomic mass is 19.1. The largest absolute Gasteiger partial charge is 0.317 e. The second-order valence-electron chi connectivity index (χ2n) is 5.29. The molecule has 112 valence electrons. The Kier molecular flexibility index (Phi) is 4.07. The fourth-order valence-electron chi connectivity index (χ4n) is 2.52. The van der Waals surface area contributed by atoms with Crippen molar-refractivity contribution < 1.29 is 4.39 Å². The lowest BCUT2D eigenvalue weighted by atomic mass is 10.1. The van der Waals surface area contributed by atoms with Crippen molar-refractivity contribution in [2.45, 2.75) is 6.92 Å². The van der Waals surface area contributed by atoms with Crippen molar-refractivity contribution in [3.63, 3.8) is 0 Å². The Morgan fingerprint density at radius 1 is 1.09 bits per heavy atom. The Balaban J connectivity index is 2.08. The number of aryl methyl sites for hydroxylation is 1. The van der Waals surface area contributed by atoms with Gasteiger partial charge < -0.3 is 4.57 Å². The first-order chi connectivity index (χ1) is 11.2. The summed E-state index contributed by atoms with van der Waals surface area (Å²) < 4.78 is 15.9. The van der Waals surface area contributed by atoms with Gasteiger partial charge >= 0.3 is 0 Å². The lowest BCUT2D eigenvalue weighted by molar-refractivity contribution is 0.624. The van der Waals surface area contributed by atoms with Gasteiger partial charge in [0.05, 0.1) is 11.6 Å². The Morgan fingerprint density at radius 2 is 1.91 bits per heavy atom. The van der Waals surface area contributed by atoms with E-state index in [1.165, 1.54) is 6.07 Å². The molecule has 3 heteroatoms. The molecule has 2 nitrogen and oxygen atoms in total. The van der Waals surface area contributed by atoms with Gasteiger partial charge in [-0.05, 0) is 48.9 Å². The van der Waals surface area contributed by atoms with Gasteiger partial charge in [0.2, 0.25) is 0 Å². The third-order valence-electron chi connectivity index (χ3n) is 3.64. The molecule has 3 rings (SSSR count). The van der Waals surface area contributed by atoms with E-state index in [9.17, 15) is 9.65 Å². The molecule has 0 saturated heterocycles. The Labute approximate surface area is 134 Å². The van der Waals surface area contributed by atoms with Crippen molar-refractivity contribution in [2.75, 3.05) is 0 Å². The minimum atomic E-state index is -0.394. The highest BCUT2D eigenvalue weighted by molar-refractivity contribution is 5.89. The monoisotopic (exact) mass is 302 g/mol. The average Bonchev–Trinajstić information content (AvgIpc) is 3.01. The van der Waals surface area contributed by atoms with E-state index < -0.39 is 5.82 Å². The van der Waals surface area contributed by atoms with Gasteiger partial charge in [0.15, 0.2) is 0 Å². The van der Waals surface area contributed by atoms with Crippen LogP contribution in [0, 0.1) is 24.1 Å². The summed E-state index contributed by atoms with van der Waals surface area (Å²) in [5.41, 5.74) is 3.60. The van der Waals surface area contributed by atoms with E-state index in [1.807, 2.05) is 48.0 Å².